The standard InChI is InChI=1S/C25H28ClN5O/c26-20-7-8-23-27-24(25(32)30-11-9-18-4-1-2-5-19(18)14-30)22(31(23)15-20)17-28-12-13-29-10-3-6-21(29)16-28/h1-2,4-5,7-8,15,21H,3,6,9-14,16-17H2. The summed E-state index contributed by atoms with van der Waals surface area (Å²) in [5.41, 5.74) is 4.88. The van der Waals surface area contributed by atoms with Gasteiger partial charge in [-0.25, -0.2) is 4.98 Å². The van der Waals surface area contributed by atoms with Crippen LogP contribution in [0.3, 0.4) is 0 Å². The average molecular weight is 450 g/mol. The maximum Gasteiger partial charge on any atom is 0.274 e. The Labute approximate surface area is 193 Å². The van der Waals surface area contributed by atoms with Gasteiger partial charge in [-0.2, -0.15) is 0 Å². The molecule has 1 amide bonds. The van der Waals surface area contributed by atoms with Gasteiger partial charge in [-0.15, -0.1) is 0 Å². The minimum absolute atomic E-state index is 0.0221. The molecule has 7 heteroatoms. The molecule has 0 bridgehead atoms. The number of piperazine rings is 1. The first kappa shape index (κ1) is 20.2. The van der Waals surface area contributed by atoms with Crippen molar-refractivity contribution in [2.45, 2.75) is 38.4 Å². The van der Waals surface area contributed by atoms with Gasteiger partial charge in [0.25, 0.3) is 5.91 Å². The summed E-state index contributed by atoms with van der Waals surface area (Å²) in [6, 6.07) is 12.8. The van der Waals surface area contributed by atoms with Crippen molar-refractivity contribution in [3.05, 3.63) is 70.1 Å². The smallest absolute Gasteiger partial charge is 0.274 e. The topological polar surface area (TPSA) is 44.1 Å². The number of benzene rings is 1. The second-order valence-corrected chi connectivity index (χ2v) is 9.73. The van der Waals surface area contributed by atoms with E-state index in [-0.39, 0.29) is 5.91 Å². The molecule has 0 aliphatic carbocycles. The molecule has 0 radical (unpaired) electrons. The summed E-state index contributed by atoms with van der Waals surface area (Å²) in [4.78, 5) is 25.5. The van der Waals surface area contributed by atoms with E-state index >= 15 is 0 Å². The van der Waals surface area contributed by atoms with E-state index in [1.807, 2.05) is 33.7 Å². The van der Waals surface area contributed by atoms with Crippen molar-refractivity contribution in [2.75, 3.05) is 32.7 Å². The van der Waals surface area contributed by atoms with Gasteiger partial charge in [0.15, 0.2) is 5.69 Å². The molecule has 6 nitrogen and oxygen atoms in total. The summed E-state index contributed by atoms with van der Waals surface area (Å²) in [6.07, 6.45) is 5.35. The lowest BCUT2D eigenvalue weighted by Gasteiger charge is -2.37. The predicted octanol–water partition coefficient (Wildman–Crippen LogP) is 3.47. The van der Waals surface area contributed by atoms with Crippen molar-refractivity contribution < 1.29 is 4.79 Å². The highest BCUT2D eigenvalue weighted by Gasteiger charge is 2.33. The van der Waals surface area contributed by atoms with Crippen LogP contribution >= 0.6 is 11.6 Å². The lowest BCUT2D eigenvalue weighted by atomic mass is 9.99. The predicted molar refractivity (Wildman–Crippen MR) is 125 cm³/mol. The number of hydrogen-bond donors (Lipinski definition) is 0. The Kier molecular flexibility index (Phi) is 5.17. The molecule has 3 aliphatic rings. The Balaban J connectivity index is 1.32. The summed E-state index contributed by atoms with van der Waals surface area (Å²) < 4.78 is 2.02. The van der Waals surface area contributed by atoms with Crippen LogP contribution in [0.1, 0.15) is 40.2 Å². The fraction of sp³-hybridized carbons (Fsp3) is 0.440. The molecule has 3 aromatic rings. The Morgan fingerprint density at radius 2 is 1.94 bits per heavy atom. The minimum atomic E-state index is 0.0221. The van der Waals surface area contributed by atoms with Crippen molar-refractivity contribution in [1.82, 2.24) is 24.1 Å². The van der Waals surface area contributed by atoms with E-state index in [9.17, 15) is 4.79 Å². The molecule has 32 heavy (non-hydrogen) atoms. The fourth-order valence-corrected chi connectivity index (χ4v) is 5.78. The molecule has 6 rings (SSSR count). The van der Waals surface area contributed by atoms with Crippen LogP contribution in [0.25, 0.3) is 5.65 Å². The Bertz CT molecular complexity index is 1170. The normalized spacial score (nSPS) is 21.7. The molecular formula is C25H28ClN5O. The first-order valence-corrected chi connectivity index (χ1v) is 12.0. The fourth-order valence-electron chi connectivity index (χ4n) is 5.62. The highest BCUT2D eigenvalue weighted by Crippen LogP contribution is 2.26. The Morgan fingerprint density at radius 3 is 2.84 bits per heavy atom. The van der Waals surface area contributed by atoms with Crippen LogP contribution in [0.2, 0.25) is 5.02 Å². The number of nitrogens with zero attached hydrogens (tertiary/aromatic N) is 5. The highest BCUT2D eigenvalue weighted by molar-refractivity contribution is 6.30. The molecule has 0 saturated carbocycles. The zero-order chi connectivity index (χ0) is 21.7. The first-order chi connectivity index (χ1) is 15.7. The number of amides is 1. The SMILES string of the molecule is O=C(c1nc2ccc(Cl)cn2c1CN1CCN2CCCC2C1)N1CCc2ccccc2C1. The third-order valence-corrected chi connectivity index (χ3v) is 7.57. The molecule has 1 atom stereocenters. The van der Waals surface area contributed by atoms with Crippen molar-refractivity contribution >= 4 is 23.2 Å². The number of hydrogen-bond acceptors (Lipinski definition) is 4. The number of fused-ring (bicyclic) bond motifs is 3. The molecule has 2 fully saturated rings. The zero-order valence-corrected chi connectivity index (χ0v) is 19.0. The van der Waals surface area contributed by atoms with Crippen LogP contribution in [-0.2, 0) is 19.5 Å². The van der Waals surface area contributed by atoms with Crippen LogP contribution in [0.5, 0.6) is 0 Å². The number of imidazole rings is 1. The van der Waals surface area contributed by atoms with Gasteiger partial charge in [0, 0.05) is 51.5 Å². The highest BCUT2D eigenvalue weighted by atomic mass is 35.5. The zero-order valence-electron chi connectivity index (χ0n) is 18.2. The molecule has 1 unspecified atom stereocenters. The Morgan fingerprint density at radius 1 is 1.06 bits per heavy atom. The van der Waals surface area contributed by atoms with E-state index in [1.165, 1.54) is 30.5 Å². The van der Waals surface area contributed by atoms with Gasteiger partial charge < -0.3 is 9.30 Å². The number of carbonyl (C=O) groups is 1. The third-order valence-electron chi connectivity index (χ3n) is 7.35. The van der Waals surface area contributed by atoms with Crippen LogP contribution in [0.4, 0.5) is 0 Å². The number of aromatic nitrogens is 2. The quantitative estimate of drug-likeness (QED) is 0.614. The van der Waals surface area contributed by atoms with Crippen molar-refractivity contribution in [1.29, 1.82) is 0 Å². The largest absolute Gasteiger partial charge is 0.333 e. The average Bonchev–Trinajstić information content (AvgIpc) is 3.42. The molecule has 2 aromatic heterocycles. The summed E-state index contributed by atoms with van der Waals surface area (Å²) in [5, 5.41) is 0.655. The summed E-state index contributed by atoms with van der Waals surface area (Å²) >= 11 is 6.34. The molecule has 5 heterocycles. The second kappa shape index (κ2) is 8.18. The monoisotopic (exact) mass is 449 g/mol. The van der Waals surface area contributed by atoms with Crippen molar-refractivity contribution in [2.24, 2.45) is 0 Å². The van der Waals surface area contributed by atoms with Gasteiger partial charge in [0.05, 0.1) is 10.7 Å². The van der Waals surface area contributed by atoms with Gasteiger partial charge in [-0.3, -0.25) is 14.6 Å². The van der Waals surface area contributed by atoms with Gasteiger partial charge in [0.1, 0.15) is 5.65 Å². The van der Waals surface area contributed by atoms with E-state index in [4.69, 9.17) is 16.6 Å². The minimum Gasteiger partial charge on any atom is -0.333 e. The number of rotatable bonds is 3. The maximum atomic E-state index is 13.7. The number of carbonyl (C=O) groups excluding carboxylic acids is 1. The van der Waals surface area contributed by atoms with E-state index in [1.54, 1.807) is 0 Å². The molecule has 166 valence electrons. The number of halogens is 1. The van der Waals surface area contributed by atoms with Gasteiger partial charge in [-0.1, -0.05) is 35.9 Å². The summed E-state index contributed by atoms with van der Waals surface area (Å²) in [7, 11) is 0. The first-order valence-electron chi connectivity index (χ1n) is 11.6. The van der Waals surface area contributed by atoms with Crippen LogP contribution in [0.15, 0.2) is 42.6 Å². The van der Waals surface area contributed by atoms with Crippen LogP contribution in [0, 0.1) is 0 Å². The van der Waals surface area contributed by atoms with Gasteiger partial charge >= 0.3 is 0 Å². The van der Waals surface area contributed by atoms with E-state index in [2.05, 4.69) is 28.0 Å². The summed E-state index contributed by atoms with van der Waals surface area (Å²) in [6.45, 7) is 6.50. The summed E-state index contributed by atoms with van der Waals surface area (Å²) in [5.74, 6) is 0.0221. The second-order valence-electron chi connectivity index (χ2n) is 9.30. The molecule has 2 saturated heterocycles. The van der Waals surface area contributed by atoms with E-state index in [0.29, 0.717) is 23.3 Å². The van der Waals surface area contributed by atoms with Crippen LogP contribution < -0.4 is 0 Å². The molecular weight excluding hydrogens is 422 g/mol. The van der Waals surface area contributed by atoms with Gasteiger partial charge in [0.2, 0.25) is 0 Å². The van der Waals surface area contributed by atoms with Crippen molar-refractivity contribution in [3.63, 3.8) is 0 Å². The number of pyridine rings is 1. The third kappa shape index (κ3) is 3.60. The lowest BCUT2D eigenvalue weighted by Crippen LogP contribution is -2.49. The van der Waals surface area contributed by atoms with E-state index < -0.39 is 0 Å². The molecule has 0 spiro atoms. The molecule has 3 aliphatic heterocycles. The Hall–Kier alpha value is -2.41. The molecule has 0 N–H and O–H groups in total. The van der Waals surface area contributed by atoms with Crippen molar-refractivity contribution in [3.8, 4) is 0 Å². The van der Waals surface area contributed by atoms with Gasteiger partial charge in [-0.05, 0) is 49.1 Å². The maximum absolute atomic E-state index is 13.7. The lowest BCUT2D eigenvalue weighted by molar-refractivity contribution is 0.0722. The van der Waals surface area contributed by atoms with Crippen LogP contribution in [-0.4, -0.2) is 68.8 Å². The van der Waals surface area contributed by atoms with E-state index in [0.717, 1.165) is 50.5 Å². The molecule has 1 aromatic carbocycles.